The summed E-state index contributed by atoms with van der Waals surface area (Å²) in [4.78, 5) is 18.2. The van der Waals surface area contributed by atoms with Gasteiger partial charge in [0, 0.05) is 21.7 Å². The van der Waals surface area contributed by atoms with Crippen LogP contribution in [0.2, 0.25) is 5.02 Å². The van der Waals surface area contributed by atoms with E-state index in [9.17, 15) is 4.79 Å². The molecule has 3 heterocycles. The molecule has 152 valence electrons. The first-order chi connectivity index (χ1) is 14.5. The number of anilines is 2. The molecular formula is C23H20ClN3O2S. The minimum atomic E-state index is -0.301. The van der Waals surface area contributed by atoms with E-state index < -0.39 is 0 Å². The molecule has 0 saturated heterocycles. The fourth-order valence-corrected chi connectivity index (χ4v) is 4.61. The second-order valence-electron chi connectivity index (χ2n) is 6.77. The summed E-state index contributed by atoms with van der Waals surface area (Å²) in [5, 5.41) is 7.89. The maximum atomic E-state index is 12.7. The highest BCUT2D eigenvalue weighted by molar-refractivity contribution is 7.16. The lowest BCUT2D eigenvalue weighted by atomic mass is 9.96. The fraction of sp³-hybridized carbons (Fsp3) is 0.130. The van der Waals surface area contributed by atoms with Gasteiger partial charge in [0.2, 0.25) is 0 Å². The van der Waals surface area contributed by atoms with Crippen molar-refractivity contribution in [3.63, 3.8) is 0 Å². The van der Waals surface area contributed by atoms with Crippen LogP contribution < -0.4 is 10.6 Å². The Hall–Kier alpha value is -3.09. The van der Waals surface area contributed by atoms with Crippen LogP contribution in [-0.2, 0) is 0 Å². The van der Waals surface area contributed by atoms with Crippen molar-refractivity contribution in [3.05, 3.63) is 99.4 Å². The molecule has 0 spiro atoms. The minimum absolute atomic E-state index is 0.261. The number of amides is 1. The molecule has 0 aliphatic heterocycles. The molecule has 7 heteroatoms. The summed E-state index contributed by atoms with van der Waals surface area (Å²) >= 11 is 8.10. The largest absolute Gasteiger partial charge is 0.459 e. The summed E-state index contributed by atoms with van der Waals surface area (Å²) in [6.45, 7) is 4.09. The monoisotopic (exact) mass is 437 g/mol. The Bertz CT molecular complexity index is 1160. The van der Waals surface area contributed by atoms with Crippen LogP contribution in [0.4, 0.5) is 10.8 Å². The van der Waals surface area contributed by atoms with E-state index in [4.69, 9.17) is 16.0 Å². The molecule has 0 fully saturated rings. The van der Waals surface area contributed by atoms with Gasteiger partial charge in [0.05, 0.1) is 12.3 Å². The zero-order valence-corrected chi connectivity index (χ0v) is 18.1. The molecule has 4 aromatic rings. The number of carbonyl (C=O) groups is 1. The Morgan fingerprint density at radius 2 is 1.90 bits per heavy atom. The zero-order valence-electron chi connectivity index (χ0n) is 16.5. The van der Waals surface area contributed by atoms with Crippen LogP contribution >= 0.6 is 22.9 Å². The topological polar surface area (TPSA) is 67.2 Å². The Balaban J connectivity index is 1.80. The highest BCUT2D eigenvalue weighted by Gasteiger charge is 2.26. The number of aryl methyl sites for hydroxylation is 1. The predicted molar refractivity (Wildman–Crippen MR) is 122 cm³/mol. The second-order valence-corrected chi connectivity index (χ2v) is 8.40. The molecule has 0 bridgehead atoms. The smallest absolute Gasteiger partial charge is 0.291 e. The van der Waals surface area contributed by atoms with Crippen LogP contribution in [0.25, 0.3) is 0 Å². The van der Waals surface area contributed by atoms with E-state index in [1.165, 1.54) is 17.6 Å². The van der Waals surface area contributed by atoms with Gasteiger partial charge in [-0.25, -0.2) is 4.98 Å². The molecule has 2 N–H and O–H groups in total. The number of aromatic nitrogens is 1. The average Bonchev–Trinajstić information content (AvgIpc) is 3.37. The molecular weight excluding hydrogens is 418 g/mol. The van der Waals surface area contributed by atoms with Crippen molar-refractivity contribution < 1.29 is 9.21 Å². The maximum Gasteiger partial charge on any atom is 0.291 e. The van der Waals surface area contributed by atoms with Crippen molar-refractivity contribution >= 4 is 39.7 Å². The number of nitrogens with one attached hydrogen (secondary N) is 2. The summed E-state index contributed by atoms with van der Waals surface area (Å²) < 4.78 is 5.25. The fourth-order valence-electron chi connectivity index (χ4n) is 3.27. The Morgan fingerprint density at radius 3 is 2.60 bits per heavy atom. The summed E-state index contributed by atoms with van der Waals surface area (Å²) in [5.41, 5.74) is 2.94. The third kappa shape index (κ3) is 4.10. The van der Waals surface area contributed by atoms with Crippen molar-refractivity contribution in [2.45, 2.75) is 19.9 Å². The van der Waals surface area contributed by atoms with Gasteiger partial charge >= 0.3 is 0 Å². The number of carbonyl (C=O) groups excluding carboxylic acids is 1. The lowest BCUT2D eigenvalue weighted by molar-refractivity contribution is 0.0997. The van der Waals surface area contributed by atoms with Crippen LogP contribution in [0.5, 0.6) is 0 Å². The first-order valence-corrected chi connectivity index (χ1v) is 10.6. The third-order valence-electron chi connectivity index (χ3n) is 4.87. The number of rotatable bonds is 6. The molecule has 0 aliphatic carbocycles. The van der Waals surface area contributed by atoms with Gasteiger partial charge in [-0.1, -0.05) is 35.9 Å². The minimum Gasteiger partial charge on any atom is -0.459 e. The molecule has 0 aliphatic rings. The summed E-state index contributed by atoms with van der Waals surface area (Å²) in [7, 11) is 0. The van der Waals surface area contributed by atoms with Gasteiger partial charge in [-0.2, -0.15) is 0 Å². The number of thiophene rings is 1. The van der Waals surface area contributed by atoms with Gasteiger partial charge in [0.15, 0.2) is 5.76 Å². The molecule has 30 heavy (non-hydrogen) atoms. The Labute approximate surface area is 183 Å². The highest BCUT2D eigenvalue weighted by atomic mass is 35.5. The number of benzene rings is 1. The lowest BCUT2D eigenvalue weighted by Crippen LogP contribution is -2.18. The number of pyridine rings is 1. The first-order valence-electron chi connectivity index (χ1n) is 9.41. The summed E-state index contributed by atoms with van der Waals surface area (Å²) in [5.74, 6) is 0.684. The number of nitrogens with zero attached hydrogens (tertiary/aromatic N) is 1. The van der Waals surface area contributed by atoms with E-state index in [-0.39, 0.29) is 17.7 Å². The van der Waals surface area contributed by atoms with E-state index in [0.717, 1.165) is 26.6 Å². The van der Waals surface area contributed by atoms with Gasteiger partial charge in [-0.3, -0.25) is 4.79 Å². The predicted octanol–water partition coefficient (Wildman–Crippen LogP) is 6.46. The summed E-state index contributed by atoms with van der Waals surface area (Å²) in [6, 6.07) is 16.4. The molecule has 1 aromatic carbocycles. The van der Waals surface area contributed by atoms with E-state index in [2.05, 4.69) is 15.6 Å². The maximum absolute atomic E-state index is 12.7. The average molecular weight is 438 g/mol. The van der Waals surface area contributed by atoms with Gasteiger partial charge in [-0.05, 0) is 55.3 Å². The van der Waals surface area contributed by atoms with Gasteiger partial charge in [0.1, 0.15) is 10.8 Å². The van der Waals surface area contributed by atoms with Gasteiger partial charge < -0.3 is 15.1 Å². The molecule has 5 nitrogen and oxygen atoms in total. The Kier molecular flexibility index (Phi) is 5.88. The van der Waals surface area contributed by atoms with Crippen molar-refractivity contribution in [2.75, 3.05) is 10.6 Å². The first kappa shape index (κ1) is 20.2. The third-order valence-corrected chi connectivity index (χ3v) is 6.35. The molecule has 1 atom stereocenters. The number of halogens is 1. The quantitative estimate of drug-likeness (QED) is 0.363. The number of hydrogen-bond acceptors (Lipinski definition) is 5. The van der Waals surface area contributed by atoms with Crippen molar-refractivity contribution in [1.82, 2.24) is 4.98 Å². The van der Waals surface area contributed by atoms with Crippen LogP contribution in [0, 0.1) is 13.8 Å². The highest BCUT2D eigenvalue weighted by Crippen LogP contribution is 2.42. The zero-order chi connectivity index (χ0) is 21.1. The summed E-state index contributed by atoms with van der Waals surface area (Å²) in [6.07, 6.45) is 3.22. The molecule has 3 aromatic heterocycles. The lowest BCUT2D eigenvalue weighted by Gasteiger charge is -2.23. The molecule has 0 radical (unpaired) electrons. The van der Waals surface area contributed by atoms with E-state index in [1.807, 2.05) is 56.3 Å². The normalized spacial score (nSPS) is 11.8. The Morgan fingerprint density at radius 1 is 1.10 bits per heavy atom. The molecule has 0 saturated carbocycles. The van der Waals surface area contributed by atoms with Gasteiger partial charge in [0.25, 0.3) is 5.91 Å². The molecule has 4 rings (SSSR count). The van der Waals surface area contributed by atoms with E-state index in [1.54, 1.807) is 18.3 Å². The van der Waals surface area contributed by atoms with Crippen LogP contribution in [0.15, 0.2) is 71.5 Å². The molecule has 1 amide bonds. The van der Waals surface area contributed by atoms with Crippen LogP contribution in [0.1, 0.15) is 38.2 Å². The number of furan rings is 1. The van der Waals surface area contributed by atoms with Crippen LogP contribution in [0.3, 0.4) is 0 Å². The molecule has 0 unspecified atom stereocenters. The standard InChI is InChI=1S/C23H20ClN3O2S/c1-14-15(2)30-23(27-22(28)18-10-7-13-29-18)20(14)21(16-8-3-4-9-17(16)24)26-19-11-5-6-12-25-19/h3-13,21H,1-2H3,(H,25,26)(H,27,28)/t21-/m0/s1. The second kappa shape index (κ2) is 8.73. The van der Waals surface area contributed by atoms with Crippen LogP contribution in [-0.4, -0.2) is 10.9 Å². The van der Waals surface area contributed by atoms with Crippen molar-refractivity contribution in [2.24, 2.45) is 0 Å². The van der Waals surface area contributed by atoms with Gasteiger partial charge in [-0.15, -0.1) is 11.3 Å². The van der Waals surface area contributed by atoms with Crippen molar-refractivity contribution in [3.8, 4) is 0 Å². The number of hydrogen-bond donors (Lipinski definition) is 2. The van der Waals surface area contributed by atoms with Crippen molar-refractivity contribution in [1.29, 1.82) is 0 Å². The van der Waals surface area contributed by atoms with E-state index in [0.29, 0.717) is 10.8 Å². The SMILES string of the molecule is Cc1sc(NC(=O)c2ccco2)c([C@@H](Nc2ccccn2)c2ccccc2Cl)c1C. The van der Waals surface area contributed by atoms with E-state index >= 15 is 0 Å².